The maximum Gasteiger partial charge on any atom is 0.237 e. The summed E-state index contributed by atoms with van der Waals surface area (Å²) in [6.45, 7) is 3.65. The van der Waals surface area contributed by atoms with Crippen LogP contribution in [0.25, 0.3) is 0 Å². The zero-order chi connectivity index (χ0) is 11.1. The van der Waals surface area contributed by atoms with Gasteiger partial charge in [0.1, 0.15) is 0 Å². The van der Waals surface area contributed by atoms with Crippen LogP contribution in [-0.4, -0.2) is 41.4 Å². The molecule has 5 heteroatoms. The van der Waals surface area contributed by atoms with Crippen molar-refractivity contribution in [2.45, 2.75) is 32.4 Å². The van der Waals surface area contributed by atoms with Gasteiger partial charge in [-0.25, -0.2) is 0 Å². The van der Waals surface area contributed by atoms with Crippen molar-refractivity contribution in [2.24, 2.45) is 11.7 Å². The zero-order valence-electron chi connectivity index (χ0n) is 8.73. The van der Waals surface area contributed by atoms with E-state index in [0.717, 1.165) is 0 Å². The molecule has 0 aliphatic carbocycles. The molecule has 2 unspecified atom stereocenters. The van der Waals surface area contributed by atoms with Crippen molar-refractivity contribution in [1.82, 2.24) is 5.32 Å². The standard InChI is InChI=1S/C9H20N2O3/c1-6(2)3-8(10)9(14)11-4-7(13)5-12/h6-8,12-13H,3-5,10H2,1-2H3,(H,11,14). The summed E-state index contributed by atoms with van der Waals surface area (Å²) in [4.78, 5) is 11.3. The fraction of sp³-hybridized carbons (Fsp3) is 0.889. The van der Waals surface area contributed by atoms with Crippen LogP contribution in [0.1, 0.15) is 20.3 Å². The van der Waals surface area contributed by atoms with Crippen LogP contribution in [0.4, 0.5) is 0 Å². The Bertz CT molecular complexity index is 173. The first-order valence-electron chi connectivity index (χ1n) is 4.79. The van der Waals surface area contributed by atoms with Gasteiger partial charge < -0.3 is 21.3 Å². The van der Waals surface area contributed by atoms with Crippen LogP contribution >= 0.6 is 0 Å². The van der Waals surface area contributed by atoms with Crippen LogP contribution in [0.2, 0.25) is 0 Å². The van der Waals surface area contributed by atoms with E-state index in [-0.39, 0.29) is 19.1 Å². The molecule has 0 rings (SSSR count). The van der Waals surface area contributed by atoms with E-state index in [4.69, 9.17) is 15.9 Å². The molecule has 0 aliphatic rings. The predicted molar refractivity (Wildman–Crippen MR) is 53.5 cm³/mol. The van der Waals surface area contributed by atoms with E-state index in [1.165, 1.54) is 0 Å². The number of aliphatic hydroxyl groups excluding tert-OH is 2. The number of carbonyl (C=O) groups is 1. The van der Waals surface area contributed by atoms with Crippen LogP contribution in [0.3, 0.4) is 0 Å². The van der Waals surface area contributed by atoms with Gasteiger partial charge >= 0.3 is 0 Å². The Labute approximate surface area is 84.3 Å². The zero-order valence-corrected chi connectivity index (χ0v) is 8.73. The lowest BCUT2D eigenvalue weighted by Crippen LogP contribution is -2.44. The average Bonchev–Trinajstić information content (AvgIpc) is 2.12. The summed E-state index contributed by atoms with van der Waals surface area (Å²) in [5.74, 6) is 0.0738. The Hall–Kier alpha value is -0.650. The molecule has 5 N–H and O–H groups in total. The molecule has 0 aliphatic heterocycles. The molecule has 14 heavy (non-hydrogen) atoms. The number of carbonyl (C=O) groups excluding carboxylic acids is 1. The van der Waals surface area contributed by atoms with Crippen molar-refractivity contribution in [3.63, 3.8) is 0 Å². The molecule has 2 atom stereocenters. The topological polar surface area (TPSA) is 95.6 Å². The van der Waals surface area contributed by atoms with Crippen molar-refractivity contribution in [3.05, 3.63) is 0 Å². The van der Waals surface area contributed by atoms with Gasteiger partial charge in [-0.1, -0.05) is 13.8 Å². The maximum absolute atomic E-state index is 11.3. The molecule has 84 valence electrons. The molecule has 0 aromatic heterocycles. The van der Waals surface area contributed by atoms with Gasteiger partial charge in [-0.05, 0) is 12.3 Å². The quantitative estimate of drug-likeness (QED) is 0.438. The molecule has 0 heterocycles. The predicted octanol–water partition coefficient (Wildman–Crippen LogP) is -1.17. The summed E-state index contributed by atoms with van der Waals surface area (Å²) in [5.41, 5.74) is 5.59. The van der Waals surface area contributed by atoms with E-state index in [1.807, 2.05) is 13.8 Å². The maximum atomic E-state index is 11.3. The summed E-state index contributed by atoms with van der Waals surface area (Å²) in [6.07, 6.45) is -0.300. The van der Waals surface area contributed by atoms with Gasteiger partial charge in [0.2, 0.25) is 5.91 Å². The summed E-state index contributed by atoms with van der Waals surface area (Å²) < 4.78 is 0. The van der Waals surface area contributed by atoms with Crippen molar-refractivity contribution < 1.29 is 15.0 Å². The van der Waals surface area contributed by atoms with E-state index in [0.29, 0.717) is 12.3 Å². The van der Waals surface area contributed by atoms with E-state index in [9.17, 15) is 4.79 Å². The van der Waals surface area contributed by atoms with Crippen molar-refractivity contribution in [2.75, 3.05) is 13.2 Å². The van der Waals surface area contributed by atoms with Crippen molar-refractivity contribution >= 4 is 5.91 Å². The van der Waals surface area contributed by atoms with Crippen molar-refractivity contribution in [1.29, 1.82) is 0 Å². The van der Waals surface area contributed by atoms with E-state index >= 15 is 0 Å². The van der Waals surface area contributed by atoms with Gasteiger partial charge in [-0.3, -0.25) is 4.79 Å². The normalized spacial score (nSPS) is 15.3. The fourth-order valence-corrected chi connectivity index (χ4v) is 1.03. The lowest BCUT2D eigenvalue weighted by molar-refractivity contribution is -0.123. The van der Waals surface area contributed by atoms with Crippen molar-refractivity contribution in [3.8, 4) is 0 Å². The smallest absolute Gasteiger partial charge is 0.237 e. The monoisotopic (exact) mass is 204 g/mol. The molecule has 5 nitrogen and oxygen atoms in total. The molecule has 0 bridgehead atoms. The molecular formula is C9H20N2O3. The number of hydrogen-bond acceptors (Lipinski definition) is 4. The molecule has 1 amide bonds. The number of hydrogen-bond donors (Lipinski definition) is 4. The first kappa shape index (κ1) is 13.4. The van der Waals surface area contributed by atoms with Gasteiger partial charge in [0.25, 0.3) is 0 Å². The number of nitrogens with one attached hydrogen (secondary N) is 1. The second-order valence-corrected chi connectivity index (χ2v) is 3.82. The highest BCUT2D eigenvalue weighted by Gasteiger charge is 2.15. The Balaban J connectivity index is 3.73. The fourth-order valence-electron chi connectivity index (χ4n) is 1.03. The Morgan fingerprint density at radius 2 is 2.07 bits per heavy atom. The molecule has 0 radical (unpaired) electrons. The molecule has 0 spiro atoms. The number of aliphatic hydroxyl groups is 2. The third-order valence-corrected chi connectivity index (χ3v) is 1.78. The third kappa shape index (κ3) is 5.90. The van der Waals surface area contributed by atoms with Crippen LogP contribution in [0.5, 0.6) is 0 Å². The van der Waals surface area contributed by atoms with Gasteiger partial charge in [0.15, 0.2) is 0 Å². The third-order valence-electron chi connectivity index (χ3n) is 1.78. The second kappa shape index (κ2) is 6.75. The Kier molecular flexibility index (Phi) is 6.44. The summed E-state index contributed by atoms with van der Waals surface area (Å²) in [6, 6.07) is -0.541. The SMILES string of the molecule is CC(C)CC(N)C(=O)NCC(O)CO. The number of rotatable bonds is 6. The van der Waals surface area contributed by atoms with E-state index < -0.39 is 12.1 Å². The van der Waals surface area contributed by atoms with Gasteiger partial charge in [-0.2, -0.15) is 0 Å². The van der Waals surface area contributed by atoms with Crippen LogP contribution in [-0.2, 0) is 4.79 Å². The Morgan fingerprint density at radius 1 is 1.50 bits per heavy atom. The molecule has 0 saturated heterocycles. The van der Waals surface area contributed by atoms with Crippen LogP contribution in [0.15, 0.2) is 0 Å². The van der Waals surface area contributed by atoms with Gasteiger partial charge in [-0.15, -0.1) is 0 Å². The highest BCUT2D eigenvalue weighted by molar-refractivity contribution is 5.81. The minimum absolute atomic E-state index is 0.0428. The van der Waals surface area contributed by atoms with Gasteiger partial charge in [0, 0.05) is 6.54 Å². The minimum Gasteiger partial charge on any atom is -0.394 e. The minimum atomic E-state index is -0.912. The van der Waals surface area contributed by atoms with Crippen LogP contribution < -0.4 is 11.1 Å². The highest BCUT2D eigenvalue weighted by Crippen LogP contribution is 2.02. The summed E-state index contributed by atoms with van der Waals surface area (Å²) in [7, 11) is 0. The van der Waals surface area contributed by atoms with E-state index in [2.05, 4.69) is 5.32 Å². The Morgan fingerprint density at radius 3 is 2.50 bits per heavy atom. The molecular weight excluding hydrogens is 184 g/mol. The molecule has 0 aromatic rings. The first-order valence-corrected chi connectivity index (χ1v) is 4.79. The number of amides is 1. The highest BCUT2D eigenvalue weighted by atomic mass is 16.3. The lowest BCUT2D eigenvalue weighted by atomic mass is 10.0. The van der Waals surface area contributed by atoms with Gasteiger partial charge in [0.05, 0.1) is 18.8 Å². The summed E-state index contributed by atoms with van der Waals surface area (Å²) in [5, 5.41) is 19.9. The second-order valence-electron chi connectivity index (χ2n) is 3.82. The summed E-state index contributed by atoms with van der Waals surface area (Å²) >= 11 is 0. The average molecular weight is 204 g/mol. The first-order chi connectivity index (χ1) is 6.47. The molecule has 0 fully saturated rings. The lowest BCUT2D eigenvalue weighted by Gasteiger charge is -2.15. The number of nitrogens with two attached hydrogens (primary N) is 1. The molecule has 0 saturated carbocycles. The van der Waals surface area contributed by atoms with Crippen LogP contribution in [0, 0.1) is 5.92 Å². The van der Waals surface area contributed by atoms with E-state index in [1.54, 1.807) is 0 Å². The largest absolute Gasteiger partial charge is 0.394 e. The molecule has 0 aromatic carbocycles.